The molecule has 0 amide bonds. The van der Waals surface area contributed by atoms with Gasteiger partial charge in [-0.2, -0.15) is 0 Å². The lowest BCUT2D eigenvalue weighted by molar-refractivity contribution is -0.148. The summed E-state index contributed by atoms with van der Waals surface area (Å²) in [6.45, 7) is 6.40. The Hall–Kier alpha value is -1.64. The molecule has 2 aliphatic heterocycles. The number of benzene rings is 1. The van der Waals surface area contributed by atoms with Gasteiger partial charge in [0.05, 0.1) is 11.7 Å². The fourth-order valence-corrected chi connectivity index (χ4v) is 5.01. The van der Waals surface area contributed by atoms with Crippen molar-refractivity contribution in [1.82, 2.24) is 9.21 Å². The number of hydrogen-bond donors (Lipinski definition) is 1. The molecule has 0 unspecified atom stereocenters. The fraction of sp³-hybridized carbons (Fsp3) is 0.611. The quantitative estimate of drug-likeness (QED) is 0.789. The Kier molecular flexibility index (Phi) is 5.02. The van der Waals surface area contributed by atoms with E-state index in [1.807, 2.05) is 26.0 Å². The molecule has 0 radical (unpaired) electrons. The third-order valence-electron chi connectivity index (χ3n) is 5.54. The molecule has 8 heteroatoms. The Morgan fingerprint density at radius 3 is 2.62 bits per heavy atom. The molecule has 0 saturated carbocycles. The summed E-state index contributed by atoms with van der Waals surface area (Å²) in [4.78, 5) is 14.0. The van der Waals surface area contributed by atoms with Gasteiger partial charge in [0.1, 0.15) is 12.4 Å². The van der Waals surface area contributed by atoms with Gasteiger partial charge in [0, 0.05) is 38.6 Å². The minimum absolute atomic E-state index is 0.0558. The van der Waals surface area contributed by atoms with Crippen LogP contribution in [0.4, 0.5) is 0 Å². The lowest BCUT2D eigenvalue weighted by atomic mass is 9.81. The number of sulfonamides is 1. The number of carbonyl (C=O) groups is 1. The number of ether oxygens (including phenoxy) is 1. The van der Waals surface area contributed by atoms with Crippen LogP contribution in [0.25, 0.3) is 0 Å². The highest BCUT2D eigenvalue weighted by Crippen LogP contribution is 2.43. The van der Waals surface area contributed by atoms with Crippen molar-refractivity contribution >= 4 is 16.0 Å². The zero-order valence-corrected chi connectivity index (χ0v) is 16.3. The van der Waals surface area contributed by atoms with Gasteiger partial charge < -0.3 is 9.84 Å². The fourth-order valence-electron chi connectivity index (χ4n) is 4.09. The van der Waals surface area contributed by atoms with E-state index in [0.717, 1.165) is 17.6 Å². The molecule has 2 atom stereocenters. The molecule has 2 aliphatic rings. The SMILES string of the molecule is Cc1ccc(OCCN2C[C@@H]3CN(S(C)(=O)=O)C[C@]3(C(=O)O)C2)c(C)c1. The first kappa shape index (κ1) is 19.1. The highest BCUT2D eigenvalue weighted by Gasteiger charge is 2.58. The molecule has 0 aliphatic carbocycles. The number of nitrogens with zero attached hydrogens (tertiary/aromatic N) is 2. The van der Waals surface area contributed by atoms with E-state index in [0.29, 0.717) is 26.2 Å². The third kappa shape index (κ3) is 3.58. The molecule has 2 saturated heterocycles. The topological polar surface area (TPSA) is 87.2 Å². The average molecular weight is 382 g/mol. The van der Waals surface area contributed by atoms with E-state index in [2.05, 4.69) is 11.0 Å². The van der Waals surface area contributed by atoms with Gasteiger partial charge in [-0.25, -0.2) is 12.7 Å². The van der Waals surface area contributed by atoms with Crippen LogP contribution in [0.2, 0.25) is 0 Å². The van der Waals surface area contributed by atoms with E-state index >= 15 is 0 Å². The lowest BCUT2D eigenvalue weighted by Crippen LogP contribution is -2.42. The summed E-state index contributed by atoms with van der Waals surface area (Å²) < 4.78 is 30.7. The average Bonchev–Trinajstić information content (AvgIpc) is 3.04. The Morgan fingerprint density at radius 1 is 1.31 bits per heavy atom. The second kappa shape index (κ2) is 6.83. The van der Waals surface area contributed by atoms with Crippen molar-refractivity contribution in [2.75, 3.05) is 45.6 Å². The second-order valence-corrected chi connectivity index (χ2v) is 9.55. The number of aryl methyl sites for hydroxylation is 2. The van der Waals surface area contributed by atoms with Crippen LogP contribution < -0.4 is 4.74 Å². The zero-order chi connectivity index (χ0) is 19.1. The molecular weight excluding hydrogens is 356 g/mol. The number of carboxylic acids is 1. The van der Waals surface area contributed by atoms with Gasteiger partial charge in [0.25, 0.3) is 0 Å². The molecule has 0 spiro atoms. The summed E-state index contributed by atoms with van der Waals surface area (Å²) in [5.41, 5.74) is 1.25. The van der Waals surface area contributed by atoms with Gasteiger partial charge in [0.2, 0.25) is 10.0 Å². The molecule has 7 nitrogen and oxygen atoms in total. The van der Waals surface area contributed by atoms with Gasteiger partial charge in [-0.05, 0) is 25.5 Å². The van der Waals surface area contributed by atoms with Gasteiger partial charge in [0.15, 0.2) is 0 Å². The Bertz CT molecular complexity index is 810. The minimum Gasteiger partial charge on any atom is -0.492 e. The summed E-state index contributed by atoms with van der Waals surface area (Å²) in [5.74, 6) is -0.256. The number of carboxylic acid groups (broad SMARTS) is 1. The maximum Gasteiger partial charge on any atom is 0.312 e. The van der Waals surface area contributed by atoms with Crippen molar-refractivity contribution in [1.29, 1.82) is 0 Å². The van der Waals surface area contributed by atoms with E-state index in [9.17, 15) is 18.3 Å². The van der Waals surface area contributed by atoms with Crippen LogP contribution in [0.5, 0.6) is 5.75 Å². The number of aliphatic carboxylic acids is 1. The maximum absolute atomic E-state index is 11.9. The molecule has 3 rings (SSSR count). The Labute approximate surface area is 154 Å². The van der Waals surface area contributed by atoms with Gasteiger partial charge in [-0.3, -0.25) is 9.69 Å². The molecule has 0 aromatic heterocycles. The standard InChI is InChI=1S/C18H26N2O5S/c1-13-4-5-16(14(2)8-13)25-7-6-19-9-15-10-20(26(3,23)24)12-18(15,11-19)17(21)22/h4-5,8,15H,6-7,9-12H2,1-3H3,(H,21,22)/t15-,18-/m1/s1. The largest absolute Gasteiger partial charge is 0.492 e. The van der Waals surface area contributed by atoms with Crippen molar-refractivity contribution in [3.63, 3.8) is 0 Å². The summed E-state index contributed by atoms with van der Waals surface area (Å²) in [6.07, 6.45) is 1.14. The summed E-state index contributed by atoms with van der Waals surface area (Å²) in [5, 5.41) is 9.76. The Balaban J connectivity index is 1.60. The van der Waals surface area contributed by atoms with Crippen LogP contribution in [-0.4, -0.2) is 74.3 Å². The van der Waals surface area contributed by atoms with E-state index in [4.69, 9.17) is 4.74 Å². The lowest BCUT2D eigenvalue weighted by Gasteiger charge is -2.24. The zero-order valence-electron chi connectivity index (χ0n) is 15.4. The summed E-state index contributed by atoms with van der Waals surface area (Å²) in [7, 11) is -3.37. The van der Waals surface area contributed by atoms with E-state index in [1.165, 1.54) is 9.87 Å². The highest BCUT2D eigenvalue weighted by atomic mass is 32.2. The van der Waals surface area contributed by atoms with E-state index in [1.54, 1.807) is 0 Å². The number of hydrogen-bond acceptors (Lipinski definition) is 5. The third-order valence-corrected chi connectivity index (χ3v) is 6.76. The molecule has 0 bridgehead atoms. The van der Waals surface area contributed by atoms with E-state index in [-0.39, 0.29) is 19.0 Å². The first-order valence-electron chi connectivity index (χ1n) is 8.73. The minimum atomic E-state index is -3.37. The number of rotatable bonds is 6. The van der Waals surface area contributed by atoms with Crippen molar-refractivity contribution in [2.24, 2.45) is 11.3 Å². The molecule has 1 N–H and O–H groups in total. The molecule has 1 aromatic carbocycles. The van der Waals surface area contributed by atoms with Crippen molar-refractivity contribution in [3.05, 3.63) is 29.3 Å². The summed E-state index contributed by atoms with van der Waals surface area (Å²) in [6, 6.07) is 6.02. The van der Waals surface area contributed by atoms with Gasteiger partial charge in [-0.1, -0.05) is 17.7 Å². The van der Waals surface area contributed by atoms with Crippen molar-refractivity contribution in [3.8, 4) is 5.75 Å². The first-order valence-corrected chi connectivity index (χ1v) is 10.6. The predicted octanol–water partition coefficient (Wildman–Crippen LogP) is 0.960. The molecule has 1 aromatic rings. The van der Waals surface area contributed by atoms with Crippen molar-refractivity contribution < 1.29 is 23.1 Å². The molecule has 144 valence electrons. The number of likely N-dealkylation sites (tertiary alicyclic amines) is 1. The van der Waals surface area contributed by atoms with Crippen LogP contribution in [0.3, 0.4) is 0 Å². The molecular formula is C18H26N2O5S. The Morgan fingerprint density at radius 2 is 2.04 bits per heavy atom. The maximum atomic E-state index is 11.9. The highest BCUT2D eigenvalue weighted by molar-refractivity contribution is 7.88. The van der Waals surface area contributed by atoms with Gasteiger partial charge >= 0.3 is 5.97 Å². The first-order chi connectivity index (χ1) is 12.1. The molecule has 2 heterocycles. The predicted molar refractivity (Wildman–Crippen MR) is 97.8 cm³/mol. The van der Waals surface area contributed by atoms with Crippen LogP contribution in [-0.2, 0) is 14.8 Å². The van der Waals surface area contributed by atoms with Crippen LogP contribution >= 0.6 is 0 Å². The van der Waals surface area contributed by atoms with Gasteiger partial charge in [-0.15, -0.1) is 0 Å². The summed E-state index contributed by atoms with van der Waals surface area (Å²) >= 11 is 0. The van der Waals surface area contributed by atoms with Crippen LogP contribution in [0, 0.1) is 25.2 Å². The number of fused-ring (bicyclic) bond motifs is 1. The van der Waals surface area contributed by atoms with Crippen molar-refractivity contribution in [2.45, 2.75) is 13.8 Å². The molecule has 26 heavy (non-hydrogen) atoms. The monoisotopic (exact) mass is 382 g/mol. The van der Waals surface area contributed by atoms with Crippen LogP contribution in [0.1, 0.15) is 11.1 Å². The second-order valence-electron chi connectivity index (χ2n) is 7.57. The van der Waals surface area contributed by atoms with E-state index < -0.39 is 21.4 Å². The normalized spacial score (nSPS) is 26.8. The van der Waals surface area contributed by atoms with Crippen LogP contribution in [0.15, 0.2) is 18.2 Å². The smallest absolute Gasteiger partial charge is 0.312 e. The molecule has 2 fully saturated rings.